The van der Waals surface area contributed by atoms with Crippen molar-refractivity contribution in [3.05, 3.63) is 53.6 Å². The molecule has 3 aliphatic rings. The zero-order valence-electron chi connectivity index (χ0n) is 16.2. The van der Waals surface area contributed by atoms with Gasteiger partial charge in [-0.05, 0) is 47.0 Å². The second-order valence-corrected chi connectivity index (χ2v) is 8.39. The van der Waals surface area contributed by atoms with E-state index in [0.717, 1.165) is 42.3 Å². The number of aliphatic imine (C=N–C) groups is 1. The Bertz CT molecular complexity index is 1170. The minimum Gasteiger partial charge on any atom is -0.342 e. The summed E-state index contributed by atoms with van der Waals surface area (Å²) < 4.78 is 0. The molecule has 1 N–H and O–H groups in total. The first-order valence-corrected chi connectivity index (χ1v) is 10.7. The monoisotopic (exact) mass is 417 g/mol. The van der Waals surface area contributed by atoms with Crippen LogP contribution in [0.4, 0.5) is 0 Å². The molecule has 0 radical (unpaired) electrons. The lowest BCUT2D eigenvalue weighted by Crippen LogP contribution is -2.35. The first-order chi connectivity index (χ1) is 14.6. The number of rotatable bonds is 3. The van der Waals surface area contributed by atoms with Gasteiger partial charge in [0.05, 0.1) is 12.0 Å². The number of thioether (sulfide) groups is 1. The van der Waals surface area contributed by atoms with Gasteiger partial charge in [-0.25, -0.2) is 0 Å². The van der Waals surface area contributed by atoms with Crippen LogP contribution in [0.3, 0.4) is 0 Å². The summed E-state index contributed by atoms with van der Waals surface area (Å²) in [5, 5.41) is 17.3. The number of amides is 2. The van der Waals surface area contributed by atoms with Crippen molar-refractivity contribution in [2.24, 2.45) is 10.1 Å². The molecule has 0 aromatic heterocycles. The largest absolute Gasteiger partial charge is 0.342 e. The van der Waals surface area contributed by atoms with E-state index < -0.39 is 5.91 Å². The van der Waals surface area contributed by atoms with Gasteiger partial charge in [-0.3, -0.25) is 15.0 Å². The molecule has 0 saturated carbocycles. The van der Waals surface area contributed by atoms with Crippen molar-refractivity contribution in [1.29, 1.82) is 5.41 Å². The predicted octanol–water partition coefficient (Wildman–Crippen LogP) is 3.47. The van der Waals surface area contributed by atoms with Gasteiger partial charge in [0, 0.05) is 13.1 Å². The average Bonchev–Trinajstić information content (AvgIpc) is 3.41. The minimum atomic E-state index is -0.464. The first-order valence-electron chi connectivity index (χ1n) is 9.85. The van der Waals surface area contributed by atoms with Gasteiger partial charge in [0.15, 0.2) is 5.84 Å². The summed E-state index contributed by atoms with van der Waals surface area (Å²) in [5.74, 6) is -0.452. The number of likely N-dealkylation sites (tertiary alicyclic amines) is 1. The third-order valence-electron chi connectivity index (χ3n) is 5.38. The number of hydrazone groups is 1. The molecule has 150 valence electrons. The average molecular weight is 417 g/mol. The van der Waals surface area contributed by atoms with Crippen LogP contribution in [0.15, 0.2) is 58.1 Å². The Kier molecular flexibility index (Phi) is 4.71. The molecule has 2 amide bonds. The van der Waals surface area contributed by atoms with Crippen LogP contribution in [-0.4, -0.2) is 50.9 Å². The summed E-state index contributed by atoms with van der Waals surface area (Å²) in [6, 6.07) is 13.7. The lowest BCUT2D eigenvalue weighted by molar-refractivity contribution is -0.128. The summed E-state index contributed by atoms with van der Waals surface area (Å²) in [6.45, 7) is 1.57. The fourth-order valence-corrected chi connectivity index (χ4v) is 4.72. The van der Waals surface area contributed by atoms with Crippen molar-refractivity contribution < 1.29 is 9.59 Å². The van der Waals surface area contributed by atoms with E-state index in [-0.39, 0.29) is 23.7 Å². The quantitative estimate of drug-likeness (QED) is 0.775. The van der Waals surface area contributed by atoms with Gasteiger partial charge < -0.3 is 4.90 Å². The minimum absolute atomic E-state index is 0.0194. The molecule has 1 saturated heterocycles. The lowest BCUT2D eigenvalue weighted by atomic mass is 10.0. The van der Waals surface area contributed by atoms with Crippen LogP contribution in [0.2, 0.25) is 0 Å². The van der Waals surface area contributed by atoms with Crippen LogP contribution in [0.5, 0.6) is 0 Å². The van der Waals surface area contributed by atoms with Crippen LogP contribution in [0.25, 0.3) is 16.8 Å². The van der Waals surface area contributed by atoms with Gasteiger partial charge in [0.25, 0.3) is 5.91 Å². The predicted molar refractivity (Wildman–Crippen MR) is 119 cm³/mol. The molecule has 1 fully saturated rings. The van der Waals surface area contributed by atoms with Gasteiger partial charge in [0.1, 0.15) is 5.04 Å². The van der Waals surface area contributed by atoms with E-state index in [9.17, 15) is 9.59 Å². The van der Waals surface area contributed by atoms with E-state index in [4.69, 9.17) is 5.41 Å². The first kappa shape index (κ1) is 18.7. The van der Waals surface area contributed by atoms with E-state index in [1.54, 1.807) is 6.08 Å². The number of nitrogens with zero attached hydrogens (tertiary/aromatic N) is 4. The highest BCUT2D eigenvalue weighted by Gasteiger charge is 2.36. The third-order valence-corrected chi connectivity index (χ3v) is 6.29. The smallest absolute Gasteiger partial charge is 0.283 e. The number of benzene rings is 2. The van der Waals surface area contributed by atoms with Gasteiger partial charge >= 0.3 is 0 Å². The Morgan fingerprint density at radius 2 is 1.90 bits per heavy atom. The molecule has 0 aliphatic carbocycles. The van der Waals surface area contributed by atoms with Crippen LogP contribution in [0.1, 0.15) is 24.8 Å². The van der Waals surface area contributed by atoms with Gasteiger partial charge in [-0.2, -0.15) is 15.1 Å². The SMILES string of the molecule is N=C1/C(=C/c2cccc3ccccc23)C(=O)N=C2SC(CC(=O)N3CCCC3)=NN12. The van der Waals surface area contributed by atoms with Gasteiger partial charge in [-0.1, -0.05) is 42.5 Å². The van der Waals surface area contributed by atoms with Gasteiger partial charge in [-0.15, -0.1) is 0 Å². The highest BCUT2D eigenvalue weighted by molar-refractivity contribution is 8.27. The summed E-state index contributed by atoms with van der Waals surface area (Å²) in [6.07, 6.45) is 3.93. The third kappa shape index (κ3) is 3.33. The zero-order chi connectivity index (χ0) is 20.7. The molecule has 0 bridgehead atoms. The standard InChI is InChI=1S/C22H19N5O2S/c23-20-17(12-15-8-5-7-14-6-1-2-9-16(14)15)21(29)24-22-27(20)25-18(30-22)13-19(28)26-10-3-4-11-26/h1-2,5-9,12,23H,3-4,10-11,13H2/b17-12-,23-20?. The molecule has 0 spiro atoms. The van der Waals surface area contributed by atoms with Crippen LogP contribution < -0.4 is 0 Å². The van der Waals surface area contributed by atoms with Crippen molar-refractivity contribution >= 4 is 56.5 Å². The van der Waals surface area contributed by atoms with E-state index in [1.807, 2.05) is 47.4 Å². The number of carbonyl (C=O) groups is 2. The normalized spacial score (nSPS) is 20.1. The molecular formula is C22H19N5O2S. The maximum absolute atomic E-state index is 12.7. The second kappa shape index (κ2) is 7.53. The van der Waals surface area contributed by atoms with Gasteiger partial charge in [0.2, 0.25) is 11.1 Å². The highest BCUT2D eigenvalue weighted by Crippen LogP contribution is 2.30. The summed E-state index contributed by atoms with van der Waals surface area (Å²) in [4.78, 5) is 31.1. The van der Waals surface area contributed by atoms with Crippen molar-refractivity contribution in [3.63, 3.8) is 0 Å². The number of carbonyl (C=O) groups excluding carboxylic acids is 2. The van der Waals surface area contributed by atoms with Crippen molar-refractivity contribution in [1.82, 2.24) is 9.91 Å². The van der Waals surface area contributed by atoms with E-state index in [2.05, 4.69) is 10.1 Å². The van der Waals surface area contributed by atoms with Crippen molar-refractivity contribution in [2.75, 3.05) is 13.1 Å². The second-order valence-electron chi connectivity index (χ2n) is 7.35. The molecule has 2 aromatic carbocycles. The van der Waals surface area contributed by atoms with Crippen LogP contribution in [-0.2, 0) is 9.59 Å². The number of hydrogen-bond acceptors (Lipinski definition) is 5. The maximum Gasteiger partial charge on any atom is 0.283 e. The van der Waals surface area contributed by atoms with Crippen molar-refractivity contribution in [3.8, 4) is 0 Å². The molecule has 2 aromatic rings. The Balaban J connectivity index is 1.43. The maximum atomic E-state index is 12.7. The Hall–Kier alpha value is -3.26. The summed E-state index contributed by atoms with van der Waals surface area (Å²) >= 11 is 1.19. The lowest BCUT2D eigenvalue weighted by Gasteiger charge is -2.20. The van der Waals surface area contributed by atoms with E-state index >= 15 is 0 Å². The molecule has 0 unspecified atom stereocenters. The number of nitrogens with one attached hydrogen (secondary N) is 1. The Labute approximate surface area is 177 Å². The Morgan fingerprint density at radius 1 is 1.13 bits per heavy atom. The fraction of sp³-hybridized carbons (Fsp3) is 0.227. The number of fused-ring (bicyclic) bond motifs is 2. The number of hydrogen-bond donors (Lipinski definition) is 1. The van der Waals surface area contributed by atoms with E-state index in [1.165, 1.54) is 16.8 Å². The molecule has 30 heavy (non-hydrogen) atoms. The fourth-order valence-electron chi connectivity index (χ4n) is 3.84. The molecule has 8 heteroatoms. The van der Waals surface area contributed by atoms with Crippen molar-refractivity contribution in [2.45, 2.75) is 19.3 Å². The molecular weight excluding hydrogens is 398 g/mol. The summed E-state index contributed by atoms with van der Waals surface area (Å²) in [7, 11) is 0. The molecule has 3 aliphatic heterocycles. The zero-order valence-corrected chi connectivity index (χ0v) is 17.0. The Morgan fingerprint density at radius 3 is 2.73 bits per heavy atom. The van der Waals surface area contributed by atoms with Crippen LogP contribution >= 0.6 is 11.8 Å². The topological polar surface area (TPSA) is 89.2 Å². The molecule has 0 atom stereocenters. The summed E-state index contributed by atoms with van der Waals surface area (Å²) in [5.41, 5.74) is 1.03. The highest BCUT2D eigenvalue weighted by atomic mass is 32.2. The number of amidine groups is 2. The van der Waals surface area contributed by atoms with Crippen LogP contribution in [0, 0.1) is 5.41 Å². The molecule has 7 nitrogen and oxygen atoms in total. The molecule has 3 heterocycles. The van der Waals surface area contributed by atoms with E-state index in [0.29, 0.717) is 10.2 Å². The molecule has 5 rings (SSSR count).